The molecular weight excluding hydrogens is 372 g/mol. The lowest BCUT2D eigenvalue weighted by Crippen LogP contribution is -2.54. The lowest BCUT2D eigenvalue weighted by atomic mass is 9.92. The number of aliphatic carboxylic acids is 1. The minimum absolute atomic E-state index is 0. The van der Waals surface area contributed by atoms with E-state index in [9.17, 15) is 14.7 Å². The molecule has 2 unspecified atom stereocenters. The highest BCUT2D eigenvalue weighted by Gasteiger charge is 2.37. The van der Waals surface area contributed by atoms with E-state index in [4.69, 9.17) is 9.47 Å². The standard InChI is InChI=1S/C19H28N2O5.ClH/c1-19(2,3)26-18(24)21-9-8-16(15(12-21)17(22)23)20-11-13-6-5-7-14(10-13)25-4;/h5-7,10,15-16,20H,8-9,11-12H2,1-4H3,(H,22,23);1H. The summed E-state index contributed by atoms with van der Waals surface area (Å²) in [6.45, 7) is 6.53. The predicted molar refractivity (Wildman–Crippen MR) is 104 cm³/mol. The number of carbonyl (C=O) groups is 2. The topological polar surface area (TPSA) is 88.1 Å². The Labute approximate surface area is 166 Å². The van der Waals surface area contributed by atoms with Crippen LogP contribution in [0.15, 0.2) is 24.3 Å². The second-order valence-electron chi connectivity index (χ2n) is 7.50. The minimum Gasteiger partial charge on any atom is -0.497 e. The number of piperidine rings is 1. The van der Waals surface area contributed by atoms with Crippen LogP contribution in [0, 0.1) is 5.92 Å². The number of ether oxygens (including phenoxy) is 2. The van der Waals surface area contributed by atoms with Gasteiger partial charge in [-0.3, -0.25) is 4.79 Å². The third kappa shape index (κ3) is 6.92. The number of nitrogens with one attached hydrogen (secondary N) is 1. The number of carboxylic acids is 1. The van der Waals surface area contributed by atoms with Gasteiger partial charge < -0.3 is 24.8 Å². The second-order valence-corrected chi connectivity index (χ2v) is 7.50. The van der Waals surface area contributed by atoms with Crippen molar-refractivity contribution in [3.63, 3.8) is 0 Å². The highest BCUT2D eigenvalue weighted by atomic mass is 35.5. The third-order valence-corrected chi connectivity index (χ3v) is 4.28. The molecule has 1 aliphatic rings. The molecule has 152 valence electrons. The fourth-order valence-corrected chi connectivity index (χ4v) is 2.97. The highest BCUT2D eigenvalue weighted by molar-refractivity contribution is 5.85. The first-order valence-electron chi connectivity index (χ1n) is 8.76. The number of carbonyl (C=O) groups excluding carboxylic acids is 1. The number of rotatable bonds is 5. The Morgan fingerprint density at radius 2 is 2.04 bits per heavy atom. The molecule has 7 nitrogen and oxygen atoms in total. The van der Waals surface area contributed by atoms with Crippen molar-refractivity contribution in [2.75, 3.05) is 20.2 Å². The molecule has 0 saturated carbocycles. The van der Waals surface area contributed by atoms with Crippen LogP contribution in [0.2, 0.25) is 0 Å². The molecule has 2 N–H and O–H groups in total. The Kier molecular flexibility index (Phi) is 8.37. The number of hydrogen-bond acceptors (Lipinski definition) is 5. The molecule has 0 aliphatic carbocycles. The summed E-state index contributed by atoms with van der Waals surface area (Å²) < 4.78 is 10.6. The van der Waals surface area contributed by atoms with Crippen molar-refractivity contribution in [2.24, 2.45) is 5.92 Å². The normalized spacial score (nSPS) is 19.8. The van der Waals surface area contributed by atoms with E-state index >= 15 is 0 Å². The van der Waals surface area contributed by atoms with Gasteiger partial charge in [-0.05, 0) is 44.9 Å². The van der Waals surface area contributed by atoms with Gasteiger partial charge in [0.25, 0.3) is 0 Å². The van der Waals surface area contributed by atoms with Crippen molar-refractivity contribution in [1.29, 1.82) is 0 Å². The predicted octanol–water partition coefficient (Wildman–Crippen LogP) is 2.92. The molecule has 1 saturated heterocycles. The van der Waals surface area contributed by atoms with Gasteiger partial charge in [-0.15, -0.1) is 12.4 Å². The average Bonchev–Trinajstić information content (AvgIpc) is 2.58. The fourth-order valence-electron chi connectivity index (χ4n) is 2.97. The van der Waals surface area contributed by atoms with Gasteiger partial charge in [0.05, 0.1) is 13.0 Å². The van der Waals surface area contributed by atoms with Crippen molar-refractivity contribution >= 4 is 24.5 Å². The molecule has 8 heteroatoms. The smallest absolute Gasteiger partial charge is 0.410 e. The maximum absolute atomic E-state index is 12.2. The lowest BCUT2D eigenvalue weighted by Gasteiger charge is -2.37. The molecule has 27 heavy (non-hydrogen) atoms. The van der Waals surface area contributed by atoms with Crippen LogP contribution in [-0.2, 0) is 16.1 Å². The van der Waals surface area contributed by atoms with E-state index in [1.54, 1.807) is 27.9 Å². The highest BCUT2D eigenvalue weighted by Crippen LogP contribution is 2.21. The lowest BCUT2D eigenvalue weighted by molar-refractivity contribution is -0.144. The van der Waals surface area contributed by atoms with Gasteiger partial charge in [0.1, 0.15) is 11.4 Å². The maximum Gasteiger partial charge on any atom is 0.410 e. The number of hydrogen-bond donors (Lipinski definition) is 2. The number of likely N-dealkylation sites (tertiary alicyclic amines) is 1. The molecular formula is C19H29ClN2O5. The molecule has 0 aromatic heterocycles. The molecule has 1 fully saturated rings. The summed E-state index contributed by atoms with van der Waals surface area (Å²) in [5.41, 5.74) is 0.417. The van der Waals surface area contributed by atoms with Gasteiger partial charge in [0, 0.05) is 25.7 Å². The van der Waals surface area contributed by atoms with Crippen molar-refractivity contribution in [3.8, 4) is 5.75 Å². The van der Waals surface area contributed by atoms with Gasteiger partial charge in [-0.2, -0.15) is 0 Å². The summed E-state index contributed by atoms with van der Waals surface area (Å²) in [7, 11) is 1.61. The van der Waals surface area contributed by atoms with E-state index in [2.05, 4.69) is 5.32 Å². The van der Waals surface area contributed by atoms with Gasteiger partial charge in [-0.1, -0.05) is 12.1 Å². The third-order valence-electron chi connectivity index (χ3n) is 4.28. The summed E-state index contributed by atoms with van der Waals surface area (Å²) in [6, 6.07) is 7.43. The quantitative estimate of drug-likeness (QED) is 0.790. The zero-order chi connectivity index (χ0) is 19.3. The summed E-state index contributed by atoms with van der Waals surface area (Å²) in [6.07, 6.45) is 0.0928. The van der Waals surface area contributed by atoms with Crippen molar-refractivity contribution in [3.05, 3.63) is 29.8 Å². The van der Waals surface area contributed by atoms with Crippen molar-refractivity contribution in [1.82, 2.24) is 10.2 Å². The second kappa shape index (κ2) is 9.80. The van der Waals surface area contributed by atoms with E-state index in [0.717, 1.165) is 11.3 Å². The molecule has 0 radical (unpaired) electrons. The summed E-state index contributed by atoms with van der Waals surface area (Å²) in [4.78, 5) is 25.4. The van der Waals surface area contributed by atoms with Crippen LogP contribution in [0.25, 0.3) is 0 Å². The maximum atomic E-state index is 12.2. The zero-order valence-electron chi connectivity index (χ0n) is 16.2. The van der Waals surface area contributed by atoms with Crippen LogP contribution in [0.3, 0.4) is 0 Å². The Balaban J connectivity index is 0.00000364. The molecule has 0 bridgehead atoms. The minimum atomic E-state index is -0.915. The number of benzene rings is 1. The number of methoxy groups -OCH3 is 1. The van der Waals surface area contributed by atoms with Gasteiger partial charge in [-0.25, -0.2) is 4.79 Å². The average molecular weight is 401 g/mol. The van der Waals surface area contributed by atoms with Crippen LogP contribution in [0.5, 0.6) is 5.75 Å². The molecule has 2 atom stereocenters. The van der Waals surface area contributed by atoms with Crippen LogP contribution < -0.4 is 10.1 Å². The van der Waals surface area contributed by atoms with Crippen LogP contribution >= 0.6 is 12.4 Å². The van der Waals surface area contributed by atoms with E-state index in [-0.39, 0.29) is 25.0 Å². The summed E-state index contributed by atoms with van der Waals surface area (Å²) in [5, 5.41) is 12.9. The Bertz CT molecular complexity index is 647. The van der Waals surface area contributed by atoms with Crippen LogP contribution in [0.1, 0.15) is 32.8 Å². The van der Waals surface area contributed by atoms with E-state index < -0.39 is 23.6 Å². The van der Waals surface area contributed by atoms with Crippen LogP contribution in [-0.4, -0.2) is 53.9 Å². The molecule has 2 rings (SSSR count). The Morgan fingerprint density at radius 1 is 1.33 bits per heavy atom. The first kappa shape index (κ1) is 23.0. The first-order valence-corrected chi connectivity index (χ1v) is 8.76. The number of amides is 1. The van der Waals surface area contributed by atoms with Gasteiger partial charge in [0.2, 0.25) is 0 Å². The summed E-state index contributed by atoms with van der Waals surface area (Å²) in [5.74, 6) is -0.831. The first-order chi connectivity index (χ1) is 12.2. The van der Waals surface area contributed by atoms with Crippen LogP contribution in [0.4, 0.5) is 4.79 Å². The largest absolute Gasteiger partial charge is 0.497 e. The van der Waals surface area contributed by atoms with E-state index in [0.29, 0.717) is 19.5 Å². The molecule has 1 heterocycles. The SMILES string of the molecule is COc1cccc(CNC2CCN(C(=O)OC(C)(C)C)CC2C(=O)O)c1.Cl. The zero-order valence-corrected chi connectivity index (χ0v) is 17.0. The number of carboxylic acid groups (broad SMARTS) is 1. The number of halogens is 1. The molecule has 0 spiro atoms. The summed E-state index contributed by atoms with van der Waals surface area (Å²) >= 11 is 0. The fraction of sp³-hybridized carbons (Fsp3) is 0.579. The van der Waals surface area contributed by atoms with Gasteiger partial charge >= 0.3 is 12.1 Å². The van der Waals surface area contributed by atoms with Crippen molar-refractivity contribution < 1.29 is 24.2 Å². The Hall–Kier alpha value is -1.99. The molecule has 1 amide bonds. The molecule has 1 aromatic carbocycles. The molecule has 1 aliphatic heterocycles. The molecule has 1 aromatic rings. The van der Waals surface area contributed by atoms with E-state index in [1.807, 2.05) is 24.3 Å². The Morgan fingerprint density at radius 3 is 2.63 bits per heavy atom. The monoisotopic (exact) mass is 400 g/mol. The number of nitrogens with zero attached hydrogens (tertiary/aromatic N) is 1. The van der Waals surface area contributed by atoms with E-state index in [1.165, 1.54) is 4.90 Å². The van der Waals surface area contributed by atoms with Gasteiger partial charge in [0.15, 0.2) is 0 Å². The van der Waals surface area contributed by atoms with Crippen molar-refractivity contribution in [2.45, 2.75) is 45.4 Å².